The van der Waals surface area contributed by atoms with E-state index >= 15 is 0 Å². The molecule has 0 amide bonds. The molecule has 4 nitrogen and oxygen atoms in total. The first-order valence-electron chi connectivity index (χ1n) is 7.46. The number of hydrogen-bond acceptors (Lipinski definition) is 3. The van der Waals surface area contributed by atoms with Crippen LogP contribution in [0.1, 0.15) is 24.8 Å². The summed E-state index contributed by atoms with van der Waals surface area (Å²) in [7, 11) is 0. The van der Waals surface area contributed by atoms with Crippen LogP contribution in [0.15, 0.2) is 34.0 Å². The van der Waals surface area contributed by atoms with Crippen molar-refractivity contribution in [1.82, 2.24) is 9.97 Å². The monoisotopic (exact) mass is 344 g/mol. The second-order valence-electron chi connectivity index (χ2n) is 5.56. The van der Waals surface area contributed by atoms with E-state index in [0.29, 0.717) is 0 Å². The Hall–Kier alpha value is -1.62. The van der Waals surface area contributed by atoms with Crippen molar-refractivity contribution >= 4 is 38.4 Å². The van der Waals surface area contributed by atoms with Crippen molar-refractivity contribution in [3.8, 4) is 0 Å². The van der Waals surface area contributed by atoms with Crippen molar-refractivity contribution in [2.75, 3.05) is 24.5 Å². The molecule has 0 radical (unpaired) electrons. The van der Waals surface area contributed by atoms with Crippen LogP contribution in [-0.4, -0.2) is 35.3 Å². The zero-order valence-corrected chi connectivity index (χ0v) is 13.4. The molecule has 1 saturated heterocycles. The molecule has 0 spiro atoms. The van der Waals surface area contributed by atoms with Gasteiger partial charge in [0.25, 0.3) is 0 Å². The number of nitrogens with one attached hydrogen (secondary N) is 1. The molecule has 0 bridgehead atoms. The average molecular weight is 345 g/mol. The van der Waals surface area contributed by atoms with Gasteiger partial charge >= 0.3 is 0 Å². The zero-order chi connectivity index (χ0) is 14.2. The van der Waals surface area contributed by atoms with Crippen LogP contribution in [0.25, 0.3) is 11.0 Å². The van der Waals surface area contributed by atoms with Crippen LogP contribution in [-0.2, 0) is 0 Å². The van der Waals surface area contributed by atoms with E-state index in [9.17, 15) is 0 Å². The van der Waals surface area contributed by atoms with Crippen LogP contribution in [0.2, 0.25) is 0 Å². The molecule has 0 aliphatic carbocycles. The fourth-order valence-corrected chi connectivity index (χ4v) is 3.78. The summed E-state index contributed by atoms with van der Waals surface area (Å²) in [5.41, 5.74) is 4.42. The van der Waals surface area contributed by atoms with Gasteiger partial charge in [-0.2, -0.15) is 0 Å². The first-order chi connectivity index (χ1) is 10.3. The third kappa shape index (κ3) is 2.20. The third-order valence-corrected chi connectivity index (χ3v) is 4.80. The van der Waals surface area contributed by atoms with Crippen molar-refractivity contribution in [2.24, 2.45) is 4.99 Å². The lowest BCUT2D eigenvalue weighted by Crippen LogP contribution is -2.30. The van der Waals surface area contributed by atoms with E-state index in [4.69, 9.17) is 0 Å². The molecule has 2 aromatic rings. The van der Waals surface area contributed by atoms with E-state index in [-0.39, 0.29) is 0 Å². The van der Waals surface area contributed by atoms with Crippen molar-refractivity contribution in [3.63, 3.8) is 0 Å². The zero-order valence-electron chi connectivity index (χ0n) is 11.8. The van der Waals surface area contributed by atoms with E-state index < -0.39 is 0 Å². The van der Waals surface area contributed by atoms with Crippen molar-refractivity contribution in [2.45, 2.75) is 19.3 Å². The molecular weight excluding hydrogens is 328 g/mol. The molecule has 21 heavy (non-hydrogen) atoms. The fourth-order valence-electron chi connectivity index (χ4n) is 3.23. The number of nitrogens with zero attached hydrogens (tertiary/aromatic N) is 3. The molecule has 2 aliphatic heterocycles. The number of pyridine rings is 1. The standard InChI is InChI=1S/C16H17BrN4/c17-12-10-20-16-14(15(12)21-7-2-1-3-8-21)11(9-19-16)13-5-4-6-18-13/h4-5,9-10H,1-3,6-8H2,(H,19,20). The van der Waals surface area contributed by atoms with Crippen LogP contribution in [0.3, 0.4) is 0 Å². The van der Waals surface area contributed by atoms with Gasteiger partial charge in [0.2, 0.25) is 0 Å². The molecule has 0 atom stereocenters. The number of anilines is 1. The summed E-state index contributed by atoms with van der Waals surface area (Å²) in [6.45, 7) is 3.01. The molecule has 1 fully saturated rings. The number of hydrogen-bond donors (Lipinski definition) is 1. The topological polar surface area (TPSA) is 44.3 Å². The second kappa shape index (κ2) is 5.30. The maximum Gasteiger partial charge on any atom is 0.140 e. The van der Waals surface area contributed by atoms with Gasteiger partial charge in [-0.15, -0.1) is 0 Å². The largest absolute Gasteiger partial charge is 0.370 e. The molecule has 4 heterocycles. The predicted octanol–water partition coefficient (Wildman–Crippen LogP) is 3.67. The summed E-state index contributed by atoms with van der Waals surface area (Å²) in [5, 5.41) is 1.19. The Labute approximate surface area is 132 Å². The van der Waals surface area contributed by atoms with Gasteiger partial charge in [0, 0.05) is 31.0 Å². The quantitative estimate of drug-likeness (QED) is 0.903. The lowest BCUT2D eigenvalue weighted by molar-refractivity contribution is 0.578. The Bertz CT molecular complexity index is 738. The van der Waals surface area contributed by atoms with Gasteiger partial charge in [-0.3, -0.25) is 4.99 Å². The van der Waals surface area contributed by atoms with Crippen molar-refractivity contribution < 1.29 is 0 Å². The Morgan fingerprint density at radius 2 is 2.05 bits per heavy atom. The van der Waals surface area contributed by atoms with E-state index in [1.54, 1.807) is 0 Å². The van der Waals surface area contributed by atoms with Gasteiger partial charge in [-0.05, 0) is 41.3 Å². The van der Waals surface area contributed by atoms with Gasteiger partial charge in [-0.1, -0.05) is 6.08 Å². The summed E-state index contributed by atoms with van der Waals surface area (Å²) in [4.78, 5) is 14.9. The number of allylic oxidation sites excluding steroid dienone is 1. The predicted molar refractivity (Wildman–Crippen MR) is 90.4 cm³/mol. The number of fused-ring (bicyclic) bond motifs is 1. The first-order valence-corrected chi connectivity index (χ1v) is 8.26. The van der Waals surface area contributed by atoms with Crippen LogP contribution in [0.5, 0.6) is 0 Å². The molecular formula is C16H17BrN4. The average Bonchev–Trinajstić information content (AvgIpc) is 3.16. The molecule has 108 valence electrons. The normalized spacial score (nSPS) is 18.5. The summed E-state index contributed by atoms with van der Waals surface area (Å²) >= 11 is 3.70. The molecule has 5 heteroatoms. The highest BCUT2D eigenvalue weighted by Gasteiger charge is 2.22. The van der Waals surface area contributed by atoms with Gasteiger partial charge in [0.05, 0.1) is 27.8 Å². The van der Waals surface area contributed by atoms with Gasteiger partial charge in [-0.25, -0.2) is 4.98 Å². The second-order valence-corrected chi connectivity index (χ2v) is 6.41. The van der Waals surface area contributed by atoms with E-state index in [0.717, 1.165) is 41.0 Å². The van der Waals surface area contributed by atoms with Crippen LogP contribution >= 0.6 is 15.9 Å². The Balaban J connectivity index is 1.92. The molecule has 0 aromatic carbocycles. The Morgan fingerprint density at radius 1 is 1.19 bits per heavy atom. The minimum atomic E-state index is 0.780. The molecule has 2 aliphatic rings. The molecule has 1 N–H and O–H groups in total. The van der Waals surface area contributed by atoms with Crippen LogP contribution < -0.4 is 4.90 Å². The molecule has 0 unspecified atom stereocenters. The number of aromatic amines is 1. The lowest BCUT2D eigenvalue weighted by Gasteiger charge is -2.30. The summed E-state index contributed by atoms with van der Waals surface area (Å²) < 4.78 is 1.07. The molecule has 0 saturated carbocycles. The summed E-state index contributed by atoms with van der Waals surface area (Å²) in [6, 6.07) is 0. The minimum Gasteiger partial charge on any atom is -0.370 e. The highest BCUT2D eigenvalue weighted by Crippen LogP contribution is 2.37. The van der Waals surface area contributed by atoms with Crippen molar-refractivity contribution in [1.29, 1.82) is 0 Å². The number of aliphatic imine (C=N–C) groups is 1. The lowest BCUT2D eigenvalue weighted by atomic mass is 10.1. The van der Waals surface area contributed by atoms with Crippen molar-refractivity contribution in [3.05, 3.63) is 34.6 Å². The Morgan fingerprint density at radius 3 is 2.81 bits per heavy atom. The number of piperidine rings is 1. The number of H-pyrrole nitrogens is 1. The highest BCUT2D eigenvalue weighted by molar-refractivity contribution is 9.10. The Kier molecular flexibility index (Phi) is 3.30. The maximum atomic E-state index is 4.57. The van der Waals surface area contributed by atoms with Gasteiger partial charge in [0.1, 0.15) is 5.65 Å². The molecule has 4 rings (SSSR count). The SMILES string of the molecule is Brc1cnc2[nH]cc(C3=NCC=C3)c2c1N1CCCCC1. The van der Waals surface area contributed by atoms with Crippen LogP contribution in [0, 0.1) is 0 Å². The minimum absolute atomic E-state index is 0.780. The first kappa shape index (κ1) is 13.1. The van der Waals surface area contributed by atoms with E-state index in [1.165, 1.54) is 30.3 Å². The van der Waals surface area contributed by atoms with E-state index in [1.807, 2.05) is 12.4 Å². The highest BCUT2D eigenvalue weighted by atomic mass is 79.9. The molecule has 2 aromatic heterocycles. The summed E-state index contributed by atoms with van der Waals surface area (Å²) in [5.74, 6) is 0. The van der Waals surface area contributed by atoms with Crippen LogP contribution in [0.4, 0.5) is 5.69 Å². The number of rotatable bonds is 2. The fraction of sp³-hybridized carbons (Fsp3) is 0.375. The third-order valence-electron chi connectivity index (χ3n) is 4.22. The smallest absolute Gasteiger partial charge is 0.140 e. The number of halogens is 1. The number of aromatic nitrogens is 2. The summed E-state index contributed by atoms with van der Waals surface area (Å²) in [6.07, 6.45) is 12.0. The van der Waals surface area contributed by atoms with Gasteiger partial charge in [0.15, 0.2) is 0 Å². The van der Waals surface area contributed by atoms with Gasteiger partial charge < -0.3 is 9.88 Å². The maximum absolute atomic E-state index is 4.57. The van der Waals surface area contributed by atoms with E-state index in [2.05, 4.69) is 47.9 Å².